The number of nitrogens with one attached hydrogen (secondary N) is 1. The third-order valence-electron chi connectivity index (χ3n) is 4.70. The zero-order chi connectivity index (χ0) is 19.1. The molecule has 0 fully saturated rings. The number of nitrogens with zero attached hydrogens (tertiary/aromatic N) is 2. The number of anilines is 1. The molecule has 1 N–H and O–H groups in total. The minimum Gasteiger partial charge on any atom is -0.384 e. The second kappa shape index (κ2) is 9.47. The molecular formula is C23H28FN3. The van der Waals surface area contributed by atoms with E-state index in [0.29, 0.717) is 0 Å². The van der Waals surface area contributed by atoms with Crippen molar-refractivity contribution >= 4 is 16.6 Å². The van der Waals surface area contributed by atoms with Gasteiger partial charge in [-0.3, -0.25) is 0 Å². The minimum atomic E-state index is -0.229. The molecule has 3 aromatic rings. The van der Waals surface area contributed by atoms with Crippen molar-refractivity contribution < 1.29 is 4.39 Å². The highest BCUT2D eigenvalue weighted by Gasteiger charge is 2.07. The third kappa shape index (κ3) is 5.51. The fourth-order valence-corrected chi connectivity index (χ4v) is 3.22. The third-order valence-corrected chi connectivity index (χ3v) is 4.70. The van der Waals surface area contributed by atoms with Crippen LogP contribution in [0, 0.1) is 5.82 Å². The van der Waals surface area contributed by atoms with Gasteiger partial charge < -0.3 is 10.2 Å². The Morgan fingerprint density at radius 3 is 2.44 bits per heavy atom. The maximum Gasteiger partial charge on any atom is 0.123 e. The zero-order valence-corrected chi connectivity index (χ0v) is 16.2. The van der Waals surface area contributed by atoms with Crippen molar-refractivity contribution in [1.29, 1.82) is 0 Å². The number of hydrogen-bond donors (Lipinski definition) is 1. The van der Waals surface area contributed by atoms with E-state index in [0.717, 1.165) is 47.4 Å². The summed E-state index contributed by atoms with van der Waals surface area (Å²) in [5.41, 5.74) is 3.83. The van der Waals surface area contributed by atoms with Crippen LogP contribution in [0.15, 0.2) is 54.6 Å². The second-order valence-corrected chi connectivity index (χ2v) is 7.22. The molecule has 0 aliphatic heterocycles. The minimum absolute atomic E-state index is 0.229. The van der Waals surface area contributed by atoms with E-state index in [1.165, 1.54) is 31.4 Å². The number of pyridine rings is 1. The van der Waals surface area contributed by atoms with Crippen molar-refractivity contribution in [2.45, 2.75) is 25.7 Å². The Morgan fingerprint density at radius 1 is 0.926 bits per heavy atom. The van der Waals surface area contributed by atoms with E-state index in [4.69, 9.17) is 4.98 Å². The lowest BCUT2D eigenvalue weighted by molar-refractivity contribution is 0.391. The van der Waals surface area contributed by atoms with Gasteiger partial charge in [0.1, 0.15) is 5.82 Å². The van der Waals surface area contributed by atoms with Gasteiger partial charge in [-0.1, -0.05) is 31.0 Å². The number of benzene rings is 2. The number of unbranched alkanes of at least 4 members (excludes halogenated alkanes) is 3. The highest BCUT2D eigenvalue weighted by molar-refractivity contribution is 5.93. The first-order chi connectivity index (χ1) is 13.1. The van der Waals surface area contributed by atoms with E-state index >= 15 is 0 Å². The maximum absolute atomic E-state index is 13.2. The molecule has 0 unspecified atom stereocenters. The van der Waals surface area contributed by atoms with Crippen LogP contribution >= 0.6 is 0 Å². The van der Waals surface area contributed by atoms with Crippen LogP contribution in [0.25, 0.3) is 22.2 Å². The van der Waals surface area contributed by atoms with Gasteiger partial charge in [-0.25, -0.2) is 9.37 Å². The molecule has 27 heavy (non-hydrogen) atoms. The zero-order valence-electron chi connectivity index (χ0n) is 16.2. The van der Waals surface area contributed by atoms with Crippen LogP contribution in [0.4, 0.5) is 10.1 Å². The Labute approximate surface area is 161 Å². The van der Waals surface area contributed by atoms with Gasteiger partial charge >= 0.3 is 0 Å². The number of fused-ring (bicyclic) bond motifs is 1. The van der Waals surface area contributed by atoms with Crippen molar-refractivity contribution in [2.24, 2.45) is 0 Å². The standard InChI is InChI=1S/C23H28FN3/c1-27(2)16-8-4-3-7-15-25-23-17-22(18-11-13-19(24)14-12-18)26-21-10-6-5-9-20(21)23/h5-6,9-14,17H,3-4,7-8,15-16H2,1-2H3,(H,25,26). The summed E-state index contributed by atoms with van der Waals surface area (Å²) in [5, 5.41) is 4.71. The summed E-state index contributed by atoms with van der Waals surface area (Å²) in [5.74, 6) is -0.229. The molecule has 0 aliphatic carbocycles. The largest absolute Gasteiger partial charge is 0.384 e. The molecule has 1 aromatic heterocycles. The highest BCUT2D eigenvalue weighted by atomic mass is 19.1. The second-order valence-electron chi connectivity index (χ2n) is 7.22. The Kier molecular flexibility index (Phi) is 6.77. The van der Waals surface area contributed by atoms with Crippen molar-refractivity contribution in [2.75, 3.05) is 32.5 Å². The fourth-order valence-electron chi connectivity index (χ4n) is 3.22. The van der Waals surface area contributed by atoms with Crippen molar-refractivity contribution in [3.05, 3.63) is 60.4 Å². The van der Waals surface area contributed by atoms with Gasteiger partial charge in [0.2, 0.25) is 0 Å². The summed E-state index contributed by atoms with van der Waals surface area (Å²) >= 11 is 0. The molecular weight excluding hydrogens is 337 g/mol. The summed E-state index contributed by atoms with van der Waals surface area (Å²) in [4.78, 5) is 6.99. The van der Waals surface area contributed by atoms with Crippen molar-refractivity contribution in [3.8, 4) is 11.3 Å². The SMILES string of the molecule is CN(C)CCCCCCNc1cc(-c2ccc(F)cc2)nc2ccccc12. The van der Waals surface area contributed by atoms with Crippen LogP contribution < -0.4 is 5.32 Å². The van der Waals surface area contributed by atoms with Crippen LogP contribution in [0.5, 0.6) is 0 Å². The van der Waals surface area contributed by atoms with Gasteiger partial charge in [-0.15, -0.1) is 0 Å². The van der Waals surface area contributed by atoms with Crippen molar-refractivity contribution in [1.82, 2.24) is 9.88 Å². The number of aromatic nitrogens is 1. The number of rotatable bonds is 9. The molecule has 0 radical (unpaired) electrons. The van der Waals surface area contributed by atoms with Gasteiger partial charge in [0, 0.05) is 23.2 Å². The number of halogens is 1. The van der Waals surface area contributed by atoms with Gasteiger partial charge in [-0.05, 0) is 69.9 Å². The molecule has 0 amide bonds. The molecule has 0 aliphatic rings. The van der Waals surface area contributed by atoms with E-state index < -0.39 is 0 Å². The Bertz CT molecular complexity index is 859. The smallest absolute Gasteiger partial charge is 0.123 e. The van der Waals surface area contributed by atoms with Crippen LogP contribution in [0.1, 0.15) is 25.7 Å². The van der Waals surface area contributed by atoms with E-state index in [9.17, 15) is 4.39 Å². The molecule has 142 valence electrons. The summed E-state index contributed by atoms with van der Waals surface area (Å²) in [7, 11) is 4.24. The van der Waals surface area contributed by atoms with E-state index in [2.05, 4.69) is 36.4 Å². The number of para-hydroxylation sites is 1. The van der Waals surface area contributed by atoms with E-state index in [1.807, 2.05) is 18.2 Å². The molecule has 0 spiro atoms. The topological polar surface area (TPSA) is 28.2 Å². The quantitative estimate of drug-likeness (QED) is 0.502. The lowest BCUT2D eigenvalue weighted by Gasteiger charge is -2.13. The molecule has 1 heterocycles. The lowest BCUT2D eigenvalue weighted by atomic mass is 10.1. The van der Waals surface area contributed by atoms with Gasteiger partial charge in [-0.2, -0.15) is 0 Å². The van der Waals surface area contributed by atoms with Gasteiger partial charge in [0.05, 0.1) is 11.2 Å². The molecule has 4 heteroatoms. The predicted molar refractivity (Wildman–Crippen MR) is 113 cm³/mol. The summed E-state index contributed by atoms with van der Waals surface area (Å²) in [6.45, 7) is 2.10. The molecule has 3 nitrogen and oxygen atoms in total. The average molecular weight is 365 g/mol. The molecule has 3 rings (SSSR count). The van der Waals surface area contributed by atoms with Gasteiger partial charge in [0.25, 0.3) is 0 Å². The van der Waals surface area contributed by atoms with E-state index in [1.54, 1.807) is 12.1 Å². The van der Waals surface area contributed by atoms with Crippen molar-refractivity contribution in [3.63, 3.8) is 0 Å². The molecule has 0 saturated carbocycles. The average Bonchev–Trinajstić information content (AvgIpc) is 2.67. The van der Waals surface area contributed by atoms with Crippen LogP contribution in [0.2, 0.25) is 0 Å². The summed E-state index contributed by atoms with van der Waals surface area (Å²) in [6.07, 6.45) is 4.89. The molecule has 0 saturated heterocycles. The lowest BCUT2D eigenvalue weighted by Crippen LogP contribution is -2.12. The monoisotopic (exact) mass is 365 g/mol. The number of hydrogen-bond acceptors (Lipinski definition) is 3. The van der Waals surface area contributed by atoms with Crippen LogP contribution in [-0.2, 0) is 0 Å². The Morgan fingerprint density at radius 2 is 1.67 bits per heavy atom. The summed E-state index contributed by atoms with van der Waals surface area (Å²) < 4.78 is 13.2. The Hall–Kier alpha value is -2.46. The summed E-state index contributed by atoms with van der Waals surface area (Å²) in [6, 6.07) is 16.7. The Balaban J connectivity index is 1.69. The molecule has 2 aromatic carbocycles. The molecule has 0 bridgehead atoms. The maximum atomic E-state index is 13.2. The first kappa shape index (κ1) is 19.3. The normalized spacial score (nSPS) is 11.3. The van der Waals surface area contributed by atoms with E-state index in [-0.39, 0.29) is 5.82 Å². The predicted octanol–water partition coefficient (Wildman–Crippen LogP) is 5.57. The van der Waals surface area contributed by atoms with Gasteiger partial charge in [0.15, 0.2) is 0 Å². The van der Waals surface area contributed by atoms with Crippen LogP contribution in [-0.4, -0.2) is 37.1 Å². The first-order valence-corrected chi connectivity index (χ1v) is 9.68. The highest BCUT2D eigenvalue weighted by Crippen LogP contribution is 2.28. The molecule has 0 atom stereocenters. The first-order valence-electron chi connectivity index (χ1n) is 9.68. The fraction of sp³-hybridized carbons (Fsp3) is 0.348. The van der Waals surface area contributed by atoms with Crippen LogP contribution in [0.3, 0.4) is 0 Å².